The van der Waals surface area contributed by atoms with Gasteiger partial charge in [0.25, 0.3) is 5.69 Å². The number of hydrogen-bond acceptors (Lipinski definition) is 6. The molecular formula is C12H17ClN2O5. The zero-order valence-electron chi connectivity index (χ0n) is 10.9. The Labute approximate surface area is 122 Å². The molecule has 8 heteroatoms. The summed E-state index contributed by atoms with van der Waals surface area (Å²) >= 11 is 0. The molecule has 7 nitrogen and oxygen atoms in total. The Kier molecular flexibility index (Phi) is 5.55. The smallest absolute Gasteiger partial charge is 0.278 e. The highest BCUT2D eigenvalue weighted by atomic mass is 35.5. The molecular weight excluding hydrogens is 288 g/mol. The lowest BCUT2D eigenvalue weighted by atomic mass is 9.97. The summed E-state index contributed by atoms with van der Waals surface area (Å²) in [6.07, 6.45) is 0.393. The zero-order valence-corrected chi connectivity index (χ0v) is 11.8. The molecule has 3 N–H and O–H groups in total. The van der Waals surface area contributed by atoms with Crippen LogP contribution in [0.25, 0.3) is 0 Å². The number of aliphatic hydroxyl groups is 1. The Morgan fingerprint density at radius 2 is 2.05 bits per heavy atom. The van der Waals surface area contributed by atoms with E-state index >= 15 is 0 Å². The van der Waals surface area contributed by atoms with Crippen molar-refractivity contribution in [1.82, 2.24) is 0 Å². The Hall–Kier alpha value is -1.57. The van der Waals surface area contributed by atoms with Crippen LogP contribution in [0.5, 0.6) is 11.5 Å². The lowest BCUT2D eigenvalue weighted by Crippen LogP contribution is -2.26. The lowest BCUT2D eigenvalue weighted by Gasteiger charge is -2.18. The molecule has 1 aliphatic heterocycles. The van der Waals surface area contributed by atoms with Crippen LogP contribution >= 0.6 is 12.4 Å². The fraction of sp³-hybridized carbons (Fsp3) is 0.500. The molecule has 0 unspecified atom stereocenters. The molecule has 0 saturated heterocycles. The van der Waals surface area contributed by atoms with E-state index in [-0.39, 0.29) is 30.5 Å². The number of fused-ring (bicyclic) bond motifs is 1. The van der Waals surface area contributed by atoms with E-state index in [1.165, 1.54) is 12.1 Å². The van der Waals surface area contributed by atoms with Gasteiger partial charge in [0.1, 0.15) is 0 Å². The molecule has 20 heavy (non-hydrogen) atoms. The first-order valence-electron chi connectivity index (χ1n) is 6.06. The maximum atomic E-state index is 11.1. The summed E-state index contributed by atoms with van der Waals surface area (Å²) in [6, 6.07) is 1.94. The number of hydrogen-bond donors (Lipinski definition) is 2. The first-order valence-corrected chi connectivity index (χ1v) is 6.06. The number of nitrogens with two attached hydrogens (primary N) is 1. The third kappa shape index (κ3) is 3.12. The van der Waals surface area contributed by atoms with E-state index in [1.807, 2.05) is 6.92 Å². The highest BCUT2D eigenvalue weighted by Crippen LogP contribution is 2.40. The van der Waals surface area contributed by atoms with Crippen LogP contribution in [0.3, 0.4) is 0 Å². The van der Waals surface area contributed by atoms with Crippen LogP contribution < -0.4 is 15.2 Å². The maximum Gasteiger partial charge on any atom is 0.278 e. The molecule has 0 aliphatic carbocycles. The number of rotatable bonds is 5. The van der Waals surface area contributed by atoms with Crippen molar-refractivity contribution in [2.75, 3.05) is 6.79 Å². The van der Waals surface area contributed by atoms with E-state index in [0.29, 0.717) is 17.9 Å². The lowest BCUT2D eigenvalue weighted by molar-refractivity contribution is -0.385. The van der Waals surface area contributed by atoms with Gasteiger partial charge in [-0.05, 0) is 12.5 Å². The van der Waals surface area contributed by atoms with Crippen LogP contribution in [0.15, 0.2) is 12.1 Å². The first-order chi connectivity index (χ1) is 9.04. The highest BCUT2D eigenvalue weighted by molar-refractivity contribution is 5.85. The van der Waals surface area contributed by atoms with E-state index in [1.54, 1.807) is 0 Å². The first kappa shape index (κ1) is 16.5. The third-order valence-electron chi connectivity index (χ3n) is 3.08. The SMILES string of the molecule is CCC[C@H](O)[C@H](N)c1cc2c(cc1[N+](=O)[O-])OCO2.Cl. The van der Waals surface area contributed by atoms with E-state index in [2.05, 4.69) is 0 Å². The molecule has 2 atom stereocenters. The molecule has 1 aromatic rings. The molecule has 2 rings (SSSR count). The molecule has 0 saturated carbocycles. The van der Waals surface area contributed by atoms with Crippen molar-refractivity contribution in [3.63, 3.8) is 0 Å². The van der Waals surface area contributed by atoms with Gasteiger partial charge in [0.2, 0.25) is 6.79 Å². The maximum absolute atomic E-state index is 11.1. The van der Waals surface area contributed by atoms with Crippen molar-refractivity contribution in [2.45, 2.75) is 31.9 Å². The van der Waals surface area contributed by atoms with E-state index in [4.69, 9.17) is 15.2 Å². The number of halogens is 1. The summed E-state index contributed by atoms with van der Waals surface area (Å²) in [5, 5.41) is 21.0. The molecule has 1 aliphatic rings. The van der Waals surface area contributed by atoms with Crippen molar-refractivity contribution in [2.24, 2.45) is 5.73 Å². The second-order valence-corrected chi connectivity index (χ2v) is 4.40. The standard InChI is InChI=1S/C12H16N2O5.ClH/c1-2-3-9(15)12(13)7-4-10-11(19-6-18-10)5-8(7)14(16)17;/h4-5,9,12,15H,2-3,6,13H2,1H3;1H/t9-,12+;/m0./s1. The molecule has 112 valence electrons. The van der Waals surface area contributed by atoms with Gasteiger partial charge in [-0.2, -0.15) is 0 Å². The van der Waals surface area contributed by atoms with Crippen LogP contribution in [-0.4, -0.2) is 22.9 Å². The largest absolute Gasteiger partial charge is 0.454 e. The van der Waals surface area contributed by atoms with Crippen LogP contribution in [0.4, 0.5) is 5.69 Å². The van der Waals surface area contributed by atoms with Gasteiger partial charge in [-0.3, -0.25) is 10.1 Å². The Morgan fingerprint density at radius 3 is 2.60 bits per heavy atom. The average Bonchev–Trinajstić information content (AvgIpc) is 2.83. The molecule has 0 spiro atoms. The van der Waals surface area contributed by atoms with E-state index in [9.17, 15) is 15.2 Å². The van der Waals surface area contributed by atoms with E-state index < -0.39 is 17.1 Å². The van der Waals surface area contributed by atoms with Gasteiger partial charge >= 0.3 is 0 Å². The summed E-state index contributed by atoms with van der Waals surface area (Å²) in [5.41, 5.74) is 6.01. The van der Waals surface area contributed by atoms with Crippen LogP contribution in [-0.2, 0) is 0 Å². The Balaban J connectivity index is 0.00000200. The van der Waals surface area contributed by atoms with Gasteiger partial charge in [0.15, 0.2) is 11.5 Å². The number of aliphatic hydroxyl groups excluding tert-OH is 1. The molecule has 0 radical (unpaired) electrons. The van der Waals surface area contributed by atoms with Crippen molar-refractivity contribution in [3.8, 4) is 11.5 Å². The zero-order chi connectivity index (χ0) is 14.0. The second-order valence-electron chi connectivity index (χ2n) is 4.40. The summed E-state index contributed by atoms with van der Waals surface area (Å²) < 4.78 is 10.3. The molecule has 0 bridgehead atoms. The summed E-state index contributed by atoms with van der Waals surface area (Å²) in [4.78, 5) is 10.5. The predicted molar refractivity (Wildman–Crippen MR) is 74.3 cm³/mol. The second kappa shape index (κ2) is 6.74. The van der Waals surface area contributed by atoms with Crippen molar-refractivity contribution in [1.29, 1.82) is 0 Å². The van der Waals surface area contributed by atoms with Crippen LogP contribution in [0, 0.1) is 10.1 Å². The molecule has 0 amide bonds. The van der Waals surface area contributed by atoms with Crippen LogP contribution in [0.1, 0.15) is 31.4 Å². The summed E-state index contributed by atoms with van der Waals surface area (Å²) in [5.74, 6) is 0.743. The number of nitro benzene ring substituents is 1. The fourth-order valence-electron chi connectivity index (χ4n) is 2.05. The molecule has 1 aromatic carbocycles. The van der Waals surface area contributed by atoms with E-state index in [0.717, 1.165) is 6.42 Å². The normalized spacial score (nSPS) is 15.3. The van der Waals surface area contributed by atoms with Gasteiger partial charge in [-0.15, -0.1) is 12.4 Å². The minimum absolute atomic E-state index is 0. The molecule has 0 fully saturated rings. The summed E-state index contributed by atoms with van der Waals surface area (Å²) in [7, 11) is 0. The number of nitro groups is 1. The van der Waals surface area contributed by atoms with Crippen molar-refractivity contribution < 1.29 is 19.5 Å². The Morgan fingerprint density at radius 1 is 1.45 bits per heavy atom. The van der Waals surface area contributed by atoms with Gasteiger partial charge in [-0.25, -0.2) is 0 Å². The van der Waals surface area contributed by atoms with Gasteiger partial charge in [0, 0.05) is 0 Å². The number of ether oxygens (including phenoxy) is 2. The topological polar surface area (TPSA) is 108 Å². The third-order valence-corrected chi connectivity index (χ3v) is 3.08. The minimum atomic E-state index is -0.830. The molecule has 0 aromatic heterocycles. The van der Waals surface area contributed by atoms with Crippen LogP contribution in [0.2, 0.25) is 0 Å². The van der Waals surface area contributed by atoms with Crippen molar-refractivity contribution in [3.05, 3.63) is 27.8 Å². The van der Waals surface area contributed by atoms with Crippen molar-refractivity contribution >= 4 is 18.1 Å². The highest BCUT2D eigenvalue weighted by Gasteiger charge is 2.29. The Bertz CT molecular complexity index is 497. The monoisotopic (exact) mass is 304 g/mol. The van der Waals surface area contributed by atoms with Gasteiger partial charge < -0.3 is 20.3 Å². The predicted octanol–water partition coefficient (Wildman–Crippen LogP) is 1.91. The van der Waals surface area contributed by atoms with Gasteiger partial charge in [0.05, 0.1) is 28.7 Å². The minimum Gasteiger partial charge on any atom is -0.454 e. The quantitative estimate of drug-likeness (QED) is 0.635. The fourth-order valence-corrected chi connectivity index (χ4v) is 2.05. The van der Waals surface area contributed by atoms with Gasteiger partial charge in [-0.1, -0.05) is 13.3 Å². The number of benzene rings is 1. The molecule has 1 heterocycles. The number of nitrogens with zero attached hydrogens (tertiary/aromatic N) is 1. The average molecular weight is 305 g/mol. The summed E-state index contributed by atoms with van der Waals surface area (Å²) in [6.45, 7) is 1.94.